The summed E-state index contributed by atoms with van der Waals surface area (Å²) >= 11 is 1.50. The van der Waals surface area contributed by atoms with Gasteiger partial charge in [0.15, 0.2) is 0 Å². The highest BCUT2D eigenvalue weighted by atomic mass is 32.2. The van der Waals surface area contributed by atoms with Crippen LogP contribution in [0.5, 0.6) is 0 Å². The third kappa shape index (κ3) is 6.88. The molecule has 0 bridgehead atoms. The molecule has 0 atom stereocenters. The van der Waals surface area contributed by atoms with E-state index in [1.165, 1.54) is 17.8 Å². The van der Waals surface area contributed by atoms with Gasteiger partial charge in [-0.25, -0.2) is 4.39 Å². The molecule has 0 spiro atoms. The highest BCUT2D eigenvalue weighted by Crippen LogP contribution is 2.25. The number of hydrogen-bond donors (Lipinski definition) is 2. The largest absolute Gasteiger partial charge is 0.321 e. The first-order valence-electron chi connectivity index (χ1n) is 10.8. The van der Waals surface area contributed by atoms with E-state index < -0.39 is 11.8 Å². The van der Waals surface area contributed by atoms with Gasteiger partial charge in [0.25, 0.3) is 11.8 Å². The van der Waals surface area contributed by atoms with Gasteiger partial charge in [-0.15, -0.1) is 11.8 Å². The fourth-order valence-corrected chi connectivity index (χ4v) is 4.06. The summed E-state index contributed by atoms with van der Waals surface area (Å²) in [6.45, 7) is 0. The minimum Gasteiger partial charge on any atom is -0.321 e. The van der Waals surface area contributed by atoms with E-state index in [0.29, 0.717) is 28.1 Å². The number of rotatable bonds is 8. The number of carbonyl (C=O) groups excluding carboxylic acids is 2. The van der Waals surface area contributed by atoms with Crippen molar-refractivity contribution in [1.29, 1.82) is 0 Å². The Hall–Kier alpha value is -4.23. The molecule has 5 nitrogen and oxygen atoms in total. The van der Waals surface area contributed by atoms with E-state index in [0.717, 1.165) is 4.90 Å². The quantitative estimate of drug-likeness (QED) is 0.241. The van der Waals surface area contributed by atoms with Crippen molar-refractivity contribution in [2.75, 3.05) is 5.32 Å². The smallest absolute Gasteiger partial charge is 0.272 e. The molecule has 35 heavy (non-hydrogen) atoms. The molecule has 7 heteroatoms. The minimum atomic E-state index is -0.468. The molecular formula is C28H22FN3O2S. The number of nitrogens with one attached hydrogen (secondary N) is 2. The number of anilines is 1. The van der Waals surface area contributed by atoms with Crippen LogP contribution in [0.15, 0.2) is 114 Å². The number of carbonyl (C=O) groups is 2. The van der Waals surface area contributed by atoms with Gasteiger partial charge in [0.05, 0.1) is 0 Å². The summed E-state index contributed by atoms with van der Waals surface area (Å²) in [5.74, 6) is -0.586. The van der Waals surface area contributed by atoms with Gasteiger partial charge in [-0.05, 0) is 65.7 Å². The third-order valence-corrected chi connectivity index (χ3v) is 6.05. The number of aromatic nitrogens is 1. The van der Waals surface area contributed by atoms with Crippen LogP contribution in [0.3, 0.4) is 0 Å². The van der Waals surface area contributed by atoms with E-state index >= 15 is 0 Å². The number of amides is 2. The SMILES string of the molecule is O=C(Nc1ccc(SCc2ccccc2F)cc1)/C(=C/c1cccnc1)NC(=O)c1ccccc1. The first-order valence-corrected chi connectivity index (χ1v) is 11.8. The summed E-state index contributed by atoms with van der Waals surface area (Å²) in [4.78, 5) is 30.7. The Morgan fingerprint density at radius 2 is 1.63 bits per heavy atom. The number of hydrogen-bond acceptors (Lipinski definition) is 4. The maximum Gasteiger partial charge on any atom is 0.272 e. The zero-order valence-electron chi connectivity index (χ0n) is 18.6. The molecule has 1 heterocycles. The average molecular weight is 484 g/mol. The van der Waals surface area contributed by atoms with Crippen molar-refractivity contribution in [1.82, 2.24) is 10.3 Å². The zero-order chi connectivity index (χ0) is 24.5. The molecule has 4 rings (SSSR count). The molecule has 2 N–H and O–H groups in total. The molecule has 0 aliphatic rings. The molecule has 3 aromatic carbocycles. The lowest BCUT2D eigenvalue weighted by atomic mass is 10.2. The molecule has 0 unspecified atom stereocenters. The molecular weight excluding hydrogens is 461 g/mol. The Morgan fingerprint density at radius 1 is 0.886 bits per heavy atom. The van der Waals surface area contributed by atoms with Crippen LogP contribution in [0.2, 0.25) is 0 Å². The summed E-state index contributed by atoms with van der Waals surface area (Å²) in [5.41, 5.74) is 2.40. The Labute approximate surface area is 207 Å². The summed E-state index contributed by atoms with van der Waals surface area (Å²) < 4.78 is 13.8. The van der Waals surface area contributed by atoms with Crippen LogP contribution in [0.4, 0.5) is 10.1 Å². The van der Waals surface area contributed by atoms with Crippen LogP contribution in [0, 0.1) is 5.82 Å². The van der Waals surface area contributed by atoms with E-state index in [2.05, 4.69) is 15.6 Å². The van der Waals surface area contributed by atoms with Gasteiger partial charge in [0.1, 0.15) is 11.5 Å². The van der Waals surface area contributed by atoms with E-state index in [9.17, 15) is 14.0 Å². The van der Waals surface area contributed by atoms with Crippen molar-refractivity contribution < 1.29 is 14.0 Å². The minimum absolute atomic E-state index is 0.0878. The zero-order valence-corrected chi connectivity index (χ0v) is 19.5. The molecule has 0 fully saturated rings. The van der Waals surface area contributed by atoms with Crippen molar-refractivity contribution in [3.8, 4) is 0 Å². The number of nitrogens with zero attached hydrogens (tertiary/aromatic N) is 1. The first-order chi connectivity index (χ1) is 17.1. The lowest BCUT2D eigenvalue weighted by Gasteiger charge is -2.12. The lowest BCUT2D eigenvalue weighted by molar-refractivity contribution is -0.113. The summed E-state index contributed by atoms with van der Waals surface area (Å²) in [6, 6.07) is 26.1. The molecule has 1 aromatic heterocycles. The second-order valence-corrected chi connectivity index (χ2v) is 8.57. The standard InChI is InChI=1S/C28H22FN3O2S/c29-25-11-5-4-10-22(25)19-35-24-14-12-23(13-15-24)31-28(34)26(17-20-7-6-16-30-18-20)32-27(33)21-8-2-1-3-9-21/h1-18H,19H2,(H,31,34)(H,32,33)/b26-17-. The van der Waals surface area contributed by atoms with Crippen molar-refractivity contribution >= 4 is 35.3 Å². The Balaban J connectivity index is 1.45. The van der Waals surface area contributed by atoms with Crippen LogP contribution in [-0.4, -0.2) is 16.8 Å². The van der Waals surface area contributed by atoms with E-state index in [-0.39, 0.29) is 11.5 Å². The number of benzene rings is 3. The first kappa shape index (κ1) is 23.9. The third-order valence-electron chi connectivity index (χ3n) is 4.99. The molecule has 174 valence electrons. The van der Waals surface area contributed by atoms with Gasteiger partial charge >= 0.3 is 0 Å². The van der Waals surface area contributed by atoms with E-state index in [1.54, 1.807) is 79.1 Å². The maximum absolute atomic E-state index is 13.8. The molecule has 0 aliphatic carbocycles. The number of thioether (sulfide) groups is 1. The molecule has 0 radical (unpaired) electrons. The van der Waals surface area contributed by atoms with Crippen LogP contribution in [-0.2, 0) is 10.5 Å². The normalized spacial score (nSPS) is 11.1. The molecule has 0 saturated carbocycles. The topological polar surface area (TPSA) is 71.1 Å². The van der Waals surface area contributed by atoms with Crippen LogP contribution >= 0.6 is 11.8 Å². The Kier molecular flexibility index (Phi) is 8.04. The fraction of sp³-hybridized carbons (Fsp3) is 0.0357. The van der Waals surface area contributed by atoms with Crippen molar-refractivity contribution in [2.45, 2.75) is 10.6 Å². The van der Waals surface area contributed by atoms with Gasteiger partial charge in [-0.3, -0.25) is 14.6 Å². The number of halogens is 1. The van der Waals surface area contributed by atoms with Gasteiger partial charge < -0.3 is 10.6 Å². The van der Waals surface area contributed by atoms with Gasteiger partial charge in [-0.1, -0.05) is 42.5 Å². The van der Waals surface area contributed by atoms with Crippen LogP contribution in [0.25, 0.3) is 6.08 Å². The molecule has 4 aromatic rings. The summed E-state index contributed by atoms with van der Waals surface area (Å²) in [5, 5.41) is 5.52. The summed E-state index contributed by atoms with van der Waals surface area (Å²) in [7, 11) is 0. The van der Waals surface area contributed by atoms with Crippen molar-refractivity contribution in [3.63, 3.8) is 0 Å². The maximum atomic E-state index is 13.8. The molecule has 2 amide bonds. The van der Waals surface area contributed by atoms with Crippen molar-refractivity contribution in [3.05, 3.63) is 132 Å². The second kappa shape index (κ2) is 11.8. The van der Waals surface area contributed by atoms with Gasteiger partial charge in [-0.2, -0.15) is 0 Å². The predicted octanol–water partition coefficient (Wildman–Crippen LogP) is 5.92. The van der Waals surface area contributed by atoms with E-state index in [1.807, 2.05) is 24.3 Å². The average Bonchev–Trinajstić information content (AvgIpc) is 2.90. The highest BCUT2D eigenvalue weighted by molar-refractivity contribution is 7.98. The predicted molar refractivity (Wildman–Crippen MR) is 137 cm³/mol. The highest BCUT2D eigenvalue weighted by Gasteiger charge is 2.15. The fourth-order valence-electron chi connectivity index (χ4n) is 3.18. The monoisotopic (exact) mass is 483 g/mol. The Morgan fingerprint density at radius 3 is 2.34 bits per heavy atom. The van der Waals surface area contributed by atoms with Crippen molar-refractivity contribution in [2.24, 2.45) is 0 Å². The molecule has 0 saturated heterocycles. The molecule has 0 aliphatic heterocycles. The second-order valence-electron chi connectivity index (χ2n) is 7.52. The Bertz CT molecular complexity index is 1330. The number of pyridine rings is 1. The van der Waals surface area contributed by atoms with Crippen LogP contribution < -0.4 is 10.6 Å². The van der Waals surface area contributed by atoms with E-state index in [4.69, 9.17) is 0 Å². The lowest BCUT2D eigenvalue weighted by Crippen LogP contribution is -2.30. The van der Waals surface area contributed by atoms with Gasteiger partial charge in [0.2, 0.25) is 0 Å². The van der Waals surface area contributed by atoms with Gasteiger partial charge in [0, 0.05) is 34.3 Å². The summed E-state index contributed by atoms with van der Waals surface area (Å²) in [6.07, 6.45) is 4.80. The van der Waals surface area contributed by atoms with Crippen LogP contribution in [0.1, 0.15) is 21.5 Å².